The Morgan fingerprint density at radius 1 is 1.03 bits per heavy atom. The van der Waals surface area contributed by atoms with Crippen molar-refractivity contribution >= 4 is 28.2 Å². The van der Waals surface area contributed by atoms with Crippen molar-refractivity contribution < 1.29 is 22.8 Å². The molecule has 1 aromatic heterocycles. The van der Waals surface area contributed by atoms with Gasteiger partial charge in [0.2, 0.25) is 5.91 Å². The van der Waals surface area contributed by atoms with Crippen molar-refractivity contribution in [2.75, 3.05) is 31.5 Å². The number of nitrogens with zero attached hydrogens (tertiary/aromatic N) is 2. The standard InChI is InChI=1S/C23H28F3N3O2S/c1-15-13-18(27-21(31)22(2,3)4)32-19(15)20(30)29-11-9-28(10-12-29)14-16-5-7-17(8-6-16)23(24,25)26/h5-8,13H,9-12,14H2,1-4H3,(H,27,31). The van der Waals surface area contributed by atoms with E-state index in [1.54, 1.807) is 4.90 Å². The number of hydrogen-bond donors (Lipinski definition) is 1. The van der Waals surface area contributed by atoms with Crippen molar-refractivity contribution in [2.45, 2.75) is 40.4 Å². The lowest BCUT2D eigenvalue weighted by Crippen LogP contribution is -2.48. The maximum atomic E-state index is 13.0. The molecule has 2 aromatic rings. The summed E-state index contributed by atoms with van der Waals surface area (Å²) in [5.41, 5.74) is 0.467. The minimum atomic E-state index is -4.33. The van der Waals surface area contributed by atoms with Crippen LogP contribution in [0.3, 0.4) is 0 Å². The van der Waals surface area contributed by atoms with Gasteiger partial charge in [-0.1, -0.05) is 32.9 Å². The molecule has 32 heavy (non-hydrogen) atoms. The summed E-state index contributed by atoms with van der Waals surface area (Å²) in [5.74, 6) is -0.160. The summed E-state index contributed by atoms with van der Waals surface area (Å²) in [6, 6.07) is 7.03. The van der Waals surface area contributed by atoms with Crippen LogP contribution >= 0.6 is 11.3 Å². The van der Waals surface area contributed by atoms with Gasteiger partial charge in [-0.25, -0.2) is 0 Å². The fourth-order valence-electron chi connectivity index (χ4n) is 3.37. The molecule has 1 aliphatic rings. The molecule has 1 fully saturated rings. The number of anilines is 1. The normalized spacial score (nSPS) is 15.7. The van der Waals surface area contributed by atoms with Gasteiger partial charge in [-0.2, -0.15) is 13.2 Å². The molecular weight excluding hydrogens is 439 g/mol. The summed E-state index contributed by atoms with van der Waals surface area (Å²) >= 11 is 1.28. The molecule has 174 valence electrons. The first-order chi connectivity index (χ1) is 14.8. The minimum absolute atomic E-state index is 0.0575. The molecule has 5 nitrogen and oxygen atoms in total. The van der Waals surface area contributed by atoms with E-state index in [1.807, 2.05) is 33.8 Å². The maximum Gasteiger partial charge on any atom is 0.416 e. The van der Waals surface area contributed by atoms with Gasteiger partial charge in [-0.05, 0) is 36.2 Å². The van der Waals surface area contributed by atoms with E-state index in [1.165, 1.54) is 23.5 Å². The highest BCUT2D eigenvalue weighted by Gasteiger charge is 2.30. The second-order valence-electron chi connectivity index (χ2n) is 9.09. The Morgan fingerprint density at radius 2 is 1.62 bits per heavy atom. The van der Waals surface area contributed by atoms with Crippen LogP contribution in [0.5, 0.6) is 0 Å². The maximum absolute atomic E-state index is 13.0. The van der Waals surface area contributed by atoms with E-state index in [2.05, 4.69) is 10.2 Å². The Bertz CT molecular complexity index is 970. The van der Waals surface area contributed by atoms with Gasteiger partial charge in [0.15, 0.2) is 0 Å². The highest BCUT2D eigenvalue weighted by atomic mass is 32.1. The zero-order valence-electron chi connectivity index (χ0n) is 18.7. The van der Waals surface area contributed by atoms with Crippen LogP contribution in [0.2, 0.25) is 0 Å². The van der Waals surface area contributed by atoms with Crippen molar-refractivity contribution in [1.29, 1.82) is 0 Å². The average molecular weight is 468 g/mol. The van der Waals surface area contributed by atoms with Crippen LogP contribution in [0.1, 0.15) is 47.1 Å². The quantitative estimate of drug-likeness (QED) is 0.687. The Kier molecular flexibility index (Phi) is 7.00. The van der Waals surface area contributed by atoms with Gasteiger partial charge in [0.25, 0.3) is 5.91 Å². The van der Waals surface area contributed by atoms with E-state index >= 15 is 0 Å². The molecular formula is C23H28F3N3O2S. The zero-order chi connectivity index (χ0) is 23.7. The number of amides is 2. The third kappa shape index (κ3) is 5.89. The number of benzene rings is 1. The van der Waals surface area contributed by atoms with Crippen LogP contribution < -0.4 is 5.32 Å². The summed E-state index contributed by atoms with van der Waals surface area (Å²) in [7, 11) is 0. The van der Waals surface area contributed by atoms with Gasteiger partial charge in [-0.15, -0.1) is 11.3 Å². The van der Waals surface area contributed by atoms with Crippen LogP contribution in [-0.2, 0) is 17.5 Å². The number of hydrogen-bond acceptors (Lipinski definition) is 4. The van der Waals surface area contributed by atoms with Gasteiger partial charge in [0.1, 0.15) is 0 Å². The van der Waals surface area contributed by atoms with Crippen LogP contribution in [0, 0.1) is 12.3 Å². The van der Waals surface area contributed by atoms with E-state index < -0.39 is 17.2 Å². The number of rotatable bonds is 4. The van der Waals surface area contributed by atoms with E-state index in [-0.39, 0.29) is 11.8 Å². The molecule has 0 saturated carbocycles. The number of aryl methyl sites for hydroxylation is 1. The van der Waals surface area contributed by atoms with E-state index in [0.717, 1.165) is 23.3 Å². The molecule has 0 spiro atoms. The highest BCUT2D eigenvalue weighted by Crippen LogP contribution is 2.31. The average Bonchev–Trinajstić information content (AvgIpc) is 3.07. The lowest BCUT2D eigenvalue weighted by atomic mass is 9.96. The Morgan fingerprint density at radius 3 is 2.16 bits per heavy atom. The third-order valence-corrected chi connectivity index (χ3v) is 6.52. The first-order valence-corrected chi connectivity index (χ1v) is 11.3. The Hall–Kier alpha value is -2.39. The molecule has 0 radical (unpaired) electrons. The highest BCUT2D eigenvalue weighted by molar-refractivity contribution is 7.18. The summed E-state index contributed by atoms with van der Waals surface area (Å²) in [6.07, 6.45) is -4.33. The summed E-state index contributed by atoms with van der Waals surface area (Å²) in [4.78, 5) is 29.8. The van der Waals surface area contributed by atoms with Crippen LogP contribution in [0.25, 0.3) is 0 Å². The predicted octanol–water partition coefficient (Wildman–Crippen LogP) is 5.02. The first kappa shape index (κ1) is 24.3. The van der Waals surface area contributed by atoms with E-state index in [4.69, 9.17) is 0 Å². The number of carbonyl (C=O) groups is 2. The topological polar surface area (TPSA) is 52.7 Å². The number of piperazine rings is 1. The Labute approximate surface area is 190 Å². The molecule has 0 atom stereocenters. The lowest BCUT2D eigenvalue weighted by Gasteiger charge is -2.34. The summed E-state index contributed by atoms with van der Waals surface area (Å²) in [6.45, 7) is 10.3. The van der Waals surface area contributed by atoms with E-state index in [0.29, 0.717) is 42.6 Å². The molecule has 1 aliphatic heterocycles. The van der Waals surface area contributed by atoms with Gasteiger partial charge in [0, 0.05) is 38.1 Å². The number of halogens is 3. The molecule has 3 rings (SSSR count). The third-order valence-electron chi connectivity index (χ3n) is 5.38. The number of carbonyl (C=O) groups excluding carboxylic acids is 2. The fourth-order valence-corrected chi connectivity index (χ4v) is 4.40. The molecule has 0 bridgehead atoms. The van der Waals surface area contributed by atoms with Gasteiger partial charge in [-0.3, -0.25) is 14.5 Å². The fraction of sp³-hybridized carbons (Fsp3) is 0.478. The summed E-state index contributed by atoms with van der Waals surface area (Å²) in [5, 5.41) is 3.54. The van der Waals surface area contributed by atoms with Crippen LogP contribution in [0.15, 0.2) is 30.3 Å². The molecule has 9 heteroatoms. The van der Waals surface area contributed by atoms with Crippen molar-refractivity contribution in [3.05, 3.63) is 51.9 Å². The number of alkyl halides is 3. The molecule has 0 aliphatic carbocycles. The second kappa shape index (κ2) is 9.23. The van der Waals surface area contributed by atoms with Crippen LogP contribution in [-0.4, -0.2) is 47.8 Å². The monoisotopic (exact) mass is 467 g/mol. The smallest absolute Gasteiger partial charge is 0.335 e. The SMILES string of the molecule is Cc1cc(NC(=O)C(C)(C)C)sc1C(=O)N1CCN(Cc2ccc(C(F)(F)F)cc2)CC1. The first-order valence-electron chi connectivity index (χ1n) is 10.4. The number of nitrogens with one attached hydrogen (secondary N) is 1. The van der Waals surface area contributed by atoms with Crippen molar-refractivity contribution in [3.63, 3.8) is 0 Å². The molecule has 2 amide bonds. The molecule has 1 aromatic carbocycles. The second-order valence-corrected chi connectivity index (χ2v) is 10.1. The van der Waals surface area contributed by atoms with Gasteiger partial charge < -0.3 is 10.2 Å². The molecule has 0 unspecified atom stereocenters. The Balaban J connectivity index is 1.56. The largest absolute Gasteiger partial charge is 0.416 e. The summed E-state index contributed by atoms with van der Waals surface area (Å²) < 4.78 is 38.1. The molecule has 1 saturated heterocycles. The zero-order valence-corrected chi connectivity index (χ0v) is 19.5. The van der Waals surface area contributed by atoms with Gasteiger partial charge >= 0.3 is 6.18 Å². The van der Waals surface area contributed by atoms with Gasteiger partial charge in [0.05, 0.1) is 15.4 Å². The predicted molar refractivity (Wildman–Crippen MR) is 120 cm³/mol. The van der Waals surface area contributed by atoms with E-state index in [9.17, 15) is 22.8 Å². The van der Waals surface area contributed by atoms with Crippen molar-refractivity contribution in [3.8, 4) is 0 Å². The van der Waals surface area contributed by atoms with Crippen molar-refractivity contribution in [2.24, 2.45) is 5.41 Å². The van der Waals surface area contributed by atoms with Crippen molar-refractivity contribution in [1.82, 2.24) is 9.80 Å². The molecule has 2 heterocycles. The number of thiophene rings is 1. The lowest BCUT2D eigenvalue weighted by molar-refractivity contribution is -0.137. The minimum Gasteiger partial charge on any atom is -0.335 e. The molecule has 1 N–H and O–H groups in total. The van der Waals surface area contributed by atoms with Crippen LogP contribution in [0.4, 0.5) is 18.2 Å².